The molecule has 0 radical (unpaired) electrons. The smallest absolute Gasteiger partial charge is 0.239 e. The first-order chi connectivity index (χ1) is 13.7. The predicted octanol–water partition coefficient (Wildman–Crippen LogP) is 2.70. The van der Waals surface area contributed by atoms with Gasteiger partial charge >= 0.3 is 0 Å². The van der Waals surface area contributed by atoms with Crippen LogP contribution in [0.15, 0.2) is 24.3 Å². The van der Waals surface area contributed by atoms with Gasteiger partial charge in [0.1, 0.15) is 6.04 Å². The van der Waals surface area contributed by atoms with Crippen molar-refractivity contribution in [3.63, 3.8) is 0 Å². The molecule has 1 aromatic carbocycles. The molecule has 6 rings (SSSR count). The van der Waals surface area contributed by atoms with E-state index in [1.807, 2.05) is 24.3 Å². The number of nitrogens with zero attached hydrogens (tertiary/aromatic N) is 2. The first-order valence-electron chi connectivity index (χ1n) is 10.8. The first-order valence-corrected chi connectivity index (χ1v) is 10.8. The Morgan fingerprint density at radius 1 is 1.18 bits per heavy atom. The molecular weight excluding hydrogens is 350 g/mol. The number of hydrogen-bond acceptors (Lipinski definition) is 4. The maximum absolute atomic E-state index is 13.2. The third-order valence-corrected chi connectivity index (χ3v) is 7.52. The molecule has 4 aliphatic carbocycles. The molecule has 1 atom stereocenters. The lowest BCUT2D eigenvalue weighted by Gasteiger charge is -2.54. The van der Waals surface area contributed by atoms with Crippen molar-refractivity contribution in [2.24, 2.45) is 23.7 Å². The van der Waals surface area contributed by atoms with Crippen LogP contribution in [0.2, 0.25) is 0 Å². The van der Waals surface area contributed by atoms with Gasteiger partial charge in [0.25, 0.3) is 0 Å². The maximum atomic E-state index is 13.2. The average molecular weight is 380 g/mol. The Hall–Kier alpha value is -1.90. The summed E-state index contributed by atoms with van der Waals surface area (Å²) in [6.07, 6.45) is 6.67. The highest BCUT2D eigenvalue weighted by Crippen LogP contribution is 2.53. The first kappa shape index (κ1) is 18.1. The second-order valence-corrected chi connectivity index (χ2v) is 9.34. The number of benzene rings is 1. The van der Waals surface area contributed by atoms with E-state index in [0.29, 0.717) is 43.2 Å². The minimum atomic E-state index is -0.239. The van der Waals surface area contributed by atoms with Crippen LogP contribution < -0.4 is 5.32 Å². The van der Waals surface area contributed by atoms with Crippen LogP contribution in [0.3, 0.4) is 0 Å². The highest BCUT2D eigenvalue weighted by molar-refractivity contribution is 5.82. The minimum Gasteiger partial charge on any atom is -0.378 e. The van der Waals surface area contributed by atoms with E-state index in [-0.39, 0.29) is 11.9 Å². The molecule has 5 nitrogen and oxygen atoms in total. The molecule has 1 N–H and O–H groups in total. The van der Waals surface area contributed by atoms with Gasteiger partial charge < -0.3 is 10.1 Å². The number of hydrogen-bond donors (Lipinski definition) is 1. The number of ether oxygens (including phenoxy) is 1. The zero-order chi connectivity index (χ0) is 19.1. The van der Waals surface area contributed by atoms with Crippen molar-refractivity contribution in [1.29, 1.82) is 5.26 Å². The predicted molar refractivity (Wildman–Crippen MR) is 105 cm³/mol. The van der Waals surface area contributed by atoms with Crippen molar-refractivity contribution in [2.75, 3.05) is 19.8 Å². The summed E-state index contributed by atoms with van der Waals surface area (Å²) in [6.45, 7) is 2.53. The molecule has 4 saturated carbocycles. The van der Waals surface area contributed by atoms with Crippen LogP contribution in [-0.4, -0.2) is 42.6 Å². The van der Waals surface area contributed by atoms with Crippen molar-refractivity contribution >= 4 is 5.91 Å². The molecule has 0 spiro atoms. The lowest BCUT2D eigenvalue weighted by atomic mass is 9.54. The van der Waals surface area contributed by atoms with Crippen molar-refractivity contribution < 1.29 is 9.53 Å². The monoisotopic (exact) mass is 379 g/mol. The van der Waals surface area contributed by atoms with Crippen LogP contribution in [0, 0.1) is 35.0 Å². The van der Waals surface area contributed by atoms with Gasteiger partial charge in [0.05, 0.1) is 24.8 Å². The van der Waals surface area contributed by atoms with Crippen LogP contribution in [0.1, 0.15) is 43.2 Å². The quantitative estimate of drug-likeness (QED) is 0.874. The highest BCUT2D eigenvalue weighted by atomic mass is 16.5. The molecule has 0 unspecified atom stereocenters. The molecule has 28 heavy (non-hydrogen) atoms. The van der Waals surface area contributed by atoms with E-state index in [4.69, 9.17) is 10.00 Å². The Labute approximate surface area is 167 Å². The number of morpholine rings is 1. The molecule has 5 heteroatoms. The van der Waals surface area contributed by atoms with Crippen LogP contribution in [0.25, 0.3) is 0 Å². The summed E-state index contributed by atoms with van der Waals surface area (Å²) in [5.41, 5.74) is 1.74. The molecule has 4 bridgehead atoms. The molecule has 1 amide bonds. The van der Waals surface area contributed by atoms with Crippen molar-refractivity contribution in [3.8, 4) is 6.07 Å². The summed E-state index contributed by atoms with van der Waals surface area (Å²) in [6, 6.07) is 10.0. The average Bonchev–Trinajstić information content (AvgIpc) is 2.70. The van der Waals surface area contributed by atoms with Gasteiger partial charge in [-0.05, 0) is 73.5 Å². The molecule has 5 fully saturated rings. The third-order valence-electron chi connectivity index (χ3n) is 7.52. The Balaban J connectivity index is 1.27. The molecule has 1 aromatic rings. The van der Waals surface area contributed by atoms with E-state index in [2.05, 4.69) is 16.3 Å². The molecule has 5 aliphatic rings. The van der Waals surface area contributed by atoms with Crippen LogP contribution in [0.5, 0.6) is 0 Å². The number of carbonyl (C=O) groups is 1. The zero-order valence-electron chi connectivity index (χ0n) is 16.3. The fraction of sp³-hybridized carbons (Fsp3) is 0.652. The summed E-state index contributed by atoms with van der Waals surface area (Å²) in [5.74, 6) is 3.33. The molecule has 1 aliphatic heterocycles. The SMILES string of the molecule is N#Cc1cccc(CN2CCOC[C@@H]2C(=O)NC2C3CC4CC(C3)CC2C4)c1. The molecule has 148 valence electrons. The fourth-order valence-electron chi connectivity index (χ4n) is 6.46. The van der Waals surface area contributed by atoms with E-state index in [1.165, 1.54) is 32.1 Å². The second kappa shape index (κ2) is 7.50. The lowest BCUT2D eigenvalue weighted by molar-refractivity contribution is -0.136. The van der Waals surface area contributed by atoms with E-state index in [9.17, 15) is 4.79 Å². The van der Waals surface area contributed by atoms with E-state index in [0.717, 1.165) is 23.9 Å². The Morgan fingerprint density at radius 3 is 2.64 bits per heavy atom. The summed E-state index contributed by atoms with van der Waals surface area (Å²) in [4.78, 5) is 15.4. The van der Waals surface area contributed by atoms with Gasteiger partial charge in [-0.2, -0.15) is 5.26 Å². The molecular formula is C23H29N3O2. The summed E-state index contributed by atoms with van der Waals surface area (Å²) < 4.78 is 5.67. The van der Waals surface area contributed by atoms with Crippen molar-refractivity contribution in [3.05, 3.63) is 35.4 Å². The van der Waals surface area contributed by atoms with Crippen LogP contribution in [0.4, 0.5) is 0 Å². The molecule has 1 saturated heterocycles. The standard InChI is InChI=1S/C23H29N3O2/c24-12-15-2-1-3-16(6-15)13-26-4-5-28-14-21(26)23(27)25-22-19-8-17-7-18(10-19)11-20(22)9-17/h1-3,6,17-22H,4-5,7-11,13-14H2,(H,25,27)/t17?,18?,19?,20?,21-,22?/m1/s1. The summed E-state index contributed by atoms with van der Waals surface area (Å²) in [5, 5.41) is 12.6. The fourth-order valence-corrected chi connectivity index (χ4v) is 6.46. The largest absolute Gasteiger partial charge is 0.378 e. The Bertz CT molecular complexity index is 758. The van der Waals surface area contributed by atoms with Gasteiger partial charge in [-0.25, -0.2) is 0 Å². The number of rotatable bonds is 4. The summed E-state index contributed by atoms with van der Waals surface area (Å²) in [7, 11) is 0. The second-order valence-electron chi connectivity index (χ2n) is 9.34. The Kier molecular flexibility index (Phi) is 4.86. The van der Waals surface area contributed by atoms with E-state index in [1.54, 1.807) is 0 Å². The van der Waals surface area contributed by atoms with Gasteiger partial charge in [0.2, 0.25) is 5.91 Å². The van der Waals surface area contributed by atoms with Crippen molar-refractivity contribution in [1.82, 2.24) is 10.2 Å². The van der Waals surface area contributed by atoms with Gasteiger partial charge in [-0.15, -0.1) is 0 Å². The topological polar surface area (TPSA) is 65.4 Å². The normalized spacial score (nSPS) is 36.8. The number of nitriles is 1. The highest BCUT2D eigenvalue weighted by Gasteiger charge is 2.49. The van der Waals surface area contributed by atoms with E-state index < -0.39 is 0 Å². The summed E-state index contributed by atoms with van der Waals surface area (Å²) >= 11 is 0. The molecule has 0 aromatic heterocycles. The minimum absolute atomic E-state index is 0.133. The van der Waals surface area contributed by atoms with Gasteiger partial charge in [0, 0.05) is 19.1 Å². The Morgan fingerprint density at radius 2 is 1.93 bits per heavy atom. The van der Waals surface area contributed by atoms with Gasteiger partial charge in [-0.1, -0.05) is 12.1 Å². The molecule has 1 heterocycles. The van der Waals surface area contributed by atoms with Gasteiger partial charge in [-0.3, -0.25) is 9.69 Å². The van der Waals surface area contributed by atoms with Crippen molar-refractivity contribution in [2.45, 2.75) is 50.7 Å². The number of carbonyl (C=O) groups excluding carboxylic acids is 1. The maximum Gasteiger partial charge on any atom is 0.239 e. The number of nitrogens with one attached hydrogen (secondary N) is 1. The third kappa shape index (κ3) is 3.44. The van der Waals surface area contributed by atoms with Crippen LogP contribution >= 0.6 is 0 Å². The lowest BCUT2D eigenvalue weighted by Crippen LogP contribution is -2.60. The van der Waals surface area contributed by atoms with Gasteiger partial charge in [0.15, 0.2) is 0 Å². The van der Waals surface area contributed by atoms with Crippen LogP contribution in [-0.2, 0) is 16.1 Å². The zero-order valence-corrected chi connectivity index (χ0v) is 16.3. The van der Waals surface area contributed by atoms with E-state index >= 15 is 0 Å². The number of amides is 1.